The van der Waals surface area contributed by atoms with Gasteiger partial charge in [0.2, 0.25) is 5.91 Å². The lowest BCUT2D eigenvalue weighted by Crippen LogP contribution is -2.48. The number of amides is 2. The van der Waals surface area contributed by atoms with Gasteiger partial charge in [-0.3, -0.25) is 4.79 Å². The van der Waals surface area contributed by atoms with Gasteiger partial charge in [0, 0.05) is 6.92 Å². The molecule has 72 valence electrons. The van der Waals surface area contributed by atoms with Crippen molar-refractivity contribution in [2.24, 2.45) is 0 Å². The number of esters is 1. The van der Waals surface area contributed by atoms with Gasteiger partial charge < -0.3 is 4.74 Å². The molecule has 1 rings (SSSR count). The van der Waals surface area contributed by atoms with E-state index in [9.17, 15) is 14.4 Å². The first-order valence-electron chi connectivity index (χ1n) is 4.00. The van der Waals surface area contributed by atoms with Crippen molar-refractivity contribution in [1.82, 2.24) is 4.90 Å². The lowest BCUT2D eigenvalue weighted by molar-refractivity contribution is -0.143. The zero-order chi connectivity index (χ0) is 10.2. The molecule has 0 aromatic heterocycles. The summed E-state index contributed by atoms with van der Waals surface area (Å²) < 4.78 is 4.37. The van der Waals surface area contributed by atoms with Crippen LogP contribution in [0, 0.1) is 0 Å². The van der Waals surface area contributed by atoms with Crippen molar-refractivity contribution in [2.45, 2.75) is 32.7 Å². The molecule has 5 heteroatoms. The van der Waals surface area contributed by atoms with Crippen LogP contribution in [0.15, 0.2) is 0 Å². The van der Waals surface area contributed by atoms with E-state index in [1.54, 1.807) is 6.92 Å². The van der Waals surface area contributed by atoms with E-state index in [0.717, 1.165) is 4.90 Å². The number of carbonyl (C=O) groups is 3. The predicted octanol–water partition coefficient (Wildman–Crippen LogP) is 0.680. The topological polar surface area (TPSA) is 63.7 Å². The van der Waals surface area contributed by atoms with Crippen LogP contribution < -0.4 is 0 Å². The minimum atomic E-state index is -1.12. The Morgan fingerprint density at radius 1 is 1.54 bits per heavy atom. The summed E-state index contributed by atoms with van der Waals surface area (Å²) in [6.45, 7) is 4.46. The summed E-state index contributed by atoms with van der Waals surface area (Å²) in [6.07, 6.45) is -0.515. The molecule has 0 bridgehead atoms. The van der Waals surface area contributed by atoms with E-state index < -0.39 is 23.5 Å². The Kier molecular flexibility index (Phi) is 2.11. The number of imide groups is 1. The molecule has 1 heterocycles. The molecule has 1 fully saturated rings. The molecular weight excluding hydrogens is 174 g/mol. The first-order chi connectivity index (χ1) is 5.93. The SMILES string of the molecule is CCC1(C)C(=O)OC(=O)N1C(C)=O. The van der Waals surface area contributed by atoms with Crippen molar-refractivity contribution in [3.05, 3.63) is 0 Å². The van der Waals surface area contributed by atoms with Gasteiger partial charge in [0.1, 0.15) is 5.54 Å². The minimum absolute atomic E-state index is 0.358. The van der Waals surface area contributed by atoms with Crippen LogP contribution >= 0.6 is 0 Å². The second-order valence-corrected chi connectivity index (χ2v) is 3.14. The predicted molar refractivity (Wildman–Crippen MR) is 42.7 cm³/mol. The molecule has 1 saturated heterocycles. The summed E-state index contributed by atoms with van der Waals surface area (Å²) in [5.41, 5.74) is -1.12. The lowest BCUT2D eigenvalue weighted by Gasteiger charge is -2.25. The average Bonchev–Trinajstić information content (AvgIpc) is 2.24. The summed E-state index contributed by atoms with van der Waals surface area (Å²) in [5, 5.41) is 0. The van der Waals surface area contributed by atoms with Crippen LogP contribution in [0.4, 0.5) is 4.79 Å². The van der Waals surface area contributed by atoms with E-state index in [1.165, 1.54) is 13.8 Å². The molecule has 2 amide bonds. The summed E-state index contributed by atoms with van der Waals surface area (Å²) in [4.78, 5) is 34.2. The second-order valence-electron chi connectivity index (χ2n) is 3.14. The third kappa shape index (κ3) is 1.20. The molecule has 1 atom stereocenters. The van der Waals surface area contributed by atoms with Crippen LogP contribution in [-0.2, 0) is 14.3 Å². The van der Waals surface area contributed by atoms with Crippen molar-refractivity contribution in [1.29, 1.82) is 0 Å². The van der Waals surface area contributed by atoms with Crippen LogP contribution in [-0.4, -0.2) is 28.4 Å². The Morgan fingerprint density at radius 2 is 2.08 bits per heavy atom. The second kappa shape index (κ2) is 2.83. The normalized spacial score (nSPS) is 27.8. The number of carbonyl (C=O) groups excluding carboxylic acids is 3. The maximum absolute atomic E-state index is 11.2. The van der Waals surface area contributed by atoms with Crippen molar-refractivity contribution in [2.75, 3.05) is 0 Å². The van der Waals surface area contributed by atoms with Crippen LogP contribution in [0.2, 0.25) is 0 Å². The minimum Gasteiger partial charge on any atom is -0.374 e. The van der Waals surface area contributed by atoms with Crippen molar-refractivity contribution < 1.29 is 19.1 Å². The number of cyclic esters (lactones) is 2. The number of hydrogen-bond acceptors (Lipinski definition) is 4. The summed E-state index contributed by atoms with van der Waals surface area (Å²) >= 11 is 0. The molecule has 0 spiro atoms. The Balaban J connectivity index is 3.11. The standard InChI is InChI=1S/C8H11NO4/c1-4-8(3)6(11)13-7(12)9(8)5(2)10/h4H2,1-3H3. The number of rotatable bonds is 1. The Hall–Kier alpha value is -1.39. The molecule has 0 aromatic carbocycles. The fraction of sp³-hybridized carbons (Fsp3) is 0.625. The monoisotopic (exact) mass is 185 g/mol. The van der Waals surface area contributed by atoms with E-state index in [2.05, 4.69) is 4.74 Å². The summed E-state index contributed by atoms with van der Waals surface area (Å²) in [6, 6.07) is 0. The molecule has 0 saturated carbocycles. The highest BCUT2D eigenvalue weighted by Crippen LogP contribution is 2.28. The largest absolute Gasteiger partial charge is 0.425 e. The highest BCUT2D eigenvalue weighted by molar-refractivity contribution is 6.07. The summed E-state index contributed by atoms with van der Waals surface area (Å²) in [5.74, 6) is -1.13. The van der Waals surface area contributed by atoms with E-state index in [1.807, 2.05) is 0 Å². The van der Waals surface area contributed by atoms with Gasteiger partial charge in [0.25, 0.3) is 0 Å². The van der Waals surface area contributed by atoms with E-state index >= 15 is 0 Å². The zero-order valence-corrected chi connectivity index (χ0v) is 7.79. The van der Waals surface area contributed by atoms with Gasteiger partial charge >= 0.3 is 12.1 Å². The number of nitrogens with zero attached hydrogens (tertiary/aromatic N) is 1. The average molecular weight is 185 g/mol. The molecular formula is C8H11NO4. The lowest BCUT2D eigenvalue weighted by atomic mass is 9.98. The first-order valence-corrected chi connectivity index (χ1v) is 4.00. The zero-order valence-electron chi connectivity index (χ0n) is 7.79. The van der Waals surface area contributed by atoms with Crippen molar-refractivity contribution in [3.8, 4) is 0 Å². The fourth-order valence-electron chi connectivity index (χ4n) is 1.31. The van der Waals surface area contributed by atoms with Gasteiger partial charge in [-0.2, -0.15) is 0 Å². The maximum Gasteiger partial charge on any atom is 0.425 e. The van der Waals surface area contributed by atoms with Gasteiger partial charge in [-0.25, -0.2) is 14.5 Å². The number of hydrogen-bond donors (Lipinski definition) is 0. The molecule has 5 nitrogen and oxygen atoms in total. The highest BCUT2D eigenvalue weighted by Gasteiger charge is 2.52. The van der Waals surface area contributed by atoms with Gasteiger partial charge in [-0.1, -0.05) is 6.92 Å². The molecule has 1 aliphatic heterocycles. The quantitative estimate of drug-likeness (QED) is 0.445. The van der Waals surface area contributed by atoms with Crippen LogP contribution in [0.1, 0.15) is 27.2 Å². The first kappa shape index (κ1) is 9.70. The fourth-order valence-corrected chi connectivity index (χ4v) is 1.31. The van der Waals surface area contributed by atoms with Gasteiger partial charge in [0.05, 0.1) is 0 Å². The third-order valence-corrected chi connectivity index (χ3v) is 2.30. The van der Waals surface area contributed by atoms with Crippen LogP contribution in [0.25, 0.3) is 0 Å². The molecule has 0 aromatic rings. The highest BCUT2D eigenvalue weighted by atomic mass is 16.6. The van der Waals surface area contributed by atoms with Gasteiger partial charge in [-0.05, 0) is 13.3 Å². The molecule has 1 unspecified atom stereocenters. The summed E-state index contributed by atoms with van der Waals surface area (Å²) in [7, 11) is 0. The Labute approximate surface area is 75.6 Å². The molecule has 1 aliphatic rings. The van der Waals surface area contributed by atoms with Crippen molar-refractivity contribution >= 4 is 18.0 Å². The third-order valence-electron chi connectivity index (χ3n) is 2.30. The van der Waals surface area contributed by atoms with E-state index in [4.69, 9.17) is 0 Å². The Morgan fingerprint density at radius 3 is 2.38 bits per heavy atom. The Bertz CT molecular complexity index is 286. The maximum atomic E-state index is 11.2. The van der Waals surface area contributed by atoms with Crippen LogP contribution in [0.5, 0.6) is 0 Å². The molecule has 0 N–H and O–H groups in total. The van der Waals surface area contributed by atoms with Gasteiger partial charge in [-0.15, -0.1) is 0 Å². The van der Waals surface area contributed by atoms with E-state index in [0.29, 0.717) is 6.42 Å². The molecule has 0 radical (unpaired) electrons. The molecule has 13 heavy (non-hydrogen) atoms. The number of ether oxygens (including phenoxy) is 1. The smallest absolute Gasteiger partial charge is 0.374 e. The van der Waals surface area contributed by atoms with Crippen molar-refractivity contribution in [3.63, 3.8) is 0 Å². The van der Waals surface area contributed by atoms with E-state index in [-0.39, 0.29) is 0 Å². The molecule has 0 aliphatic carbocycles. The van der Waals surface area contributed by atoms with Crippen LogP contribution in [0.3, 0.4) is 0 Å². The van der Waals surface area contributed by atoms with Gasteiger partial charge in [0.15, 0.2) is 0 Å².